The Labute approximate surface area is 217 Å². The number of halogens is 1. The lowest BCUT2D eigenvalue weighted by Crippen LogP contribution is -2.25. The summed E-state index contributed by atoms with van der Waals surface area (Å²) in [6.07, 6.45) is 2.39. The Bertz CT molecular complexity index is 1330. The maximum absolute atomic E-state index is 12.6. The van der Waals surface area contributed by atoms with Crippen LogP contribution in [-0.4, -0.2) is 35.7 Å². The third-order valence-electron chi connectivity index (χ3n) is 6.15. The molecule has 0 saturated heterocycles. The van der Waals surface area contributed by atoms with Crippen molar-refractivity contribution in [2.75, 3.05) is 20.3 Å². The summed E-state index contributed by atoms with van der Waals surface area (Å²) in [5, 5.41) is 3.78. The molecule has 36 heavy (non-hydrogen) atoms. The summed E-state index contributed by atoms with van der Waals surface area (Å²) in [4.78, 5) is 17.4. The predicted octanol–water partition coefficient (Wildman–Crippen LogP) is 6.15. The number of ether oxygens (including phenoxy) is 2. The van der Waals surface area contributed by atoms with Gasteiger partial charge in [0.15, 0.2) is 0 Å². The van der Waals surface area contributed by atoms with Gasteiger partial charge in [0.1, 0.15) is 17.3 Å². The first-order chi connectivity index (χ1) is 17.5. The number of fused-ring (bicyclic) bond motifs is 1. The molecule has 1 heterocycles. The van der Waals surface area contributed by atoms with E-state index >= 15 is 0 Å². The molecule has 0 fully saturated rings. The van der Waals surface area contributed by atoms with E-state index in [9.17, 15) is 4.79 Å². The van der Waals surface area contributed by atoms with Crippen molar-refractivity contribution in [3.8, 4) is 11.5 Å². The van der Waals surface area contributed by atoms with Gasteiger partial charge in [0, 0.05) is 24.5 Å². The highest BCUT2D eigenvalue weighted by Gasteiger charge is 2.13. The fraction of sp³-hybridized carbons (Fsp3) is 0.310. The summed E-state index contributed by atoms with van der Waals surface area (Å²) >= 11 is 6.27. The predicted molar refractivity (Wildman–Crippen MR) is 144 cm³/mol. The number of benzene rings is 3. The summed E-state index contributed by atoms with van der Waals surface area (Å²) < 4.78 is 13.6. The minimum absolute atomic E-state index is 0.134. The molecule has 0 aliphatic rings. The highest BCUT2D eigenvalue weighted by Crippen LogP contribution is 2.26. The Morgan fingerprint density at radius 3 is 2.53 bits per heavy atom. The highest BCUT2D eigenvalue weighted by atomic mass is 35.5. The second-order valence-electron chi connectivity index (χ2n) is 8.80. The summed E-state index contributed by atoms with van der Waals surface area (Å²) in [6.45, 7) is 5.94. The van der Waals surface area contributed by atoms with Gasteiger partial charge in [-0.25, -0.2) is 4.98 Å². The summed E-state index contributed by atoms with van der Waals surface area (Å²) in [7, 11) is 1.57. The van der Waals surface area contributed by atoms with Crippen molar-refractivity contribution in [2.24, 2.45) is 0 Å². The first-order valence-corrected chi connectivity index (χ1v) is 12.6. The lowest BCUT2D eigenvalue weighted by Gasteiger charge is -2.12. The molecule has 7 heteroatoms. The zero-order valence-corrected chi connectivity index (χ0v) is 21.8. The van der Waals surface area contributed by atoms with Crippen molar-refractivity contribution in [1.29, 1.82) is 0 Å². The van der Waals surface area contributed by atoms with Gasteiger partial charge in [-0.3, -0.25) is 4.79 Å². The zero-order valence-electron chi connectivity index (χ0n) is 21.0. The van der Waals surface area contributed by atoms with Gasteiger partial charge in [0.25, 0.3) is 5.91 Å². The van der Waals surface area contributed by atoms with Crippen molar-refractivity contribution in [3.63, 3.8) is 0 Å². The number of nitrogens with zero attached hydrogens (tertiary/aromatic N) is 2. The number of imidazole rings is 1. The smallest absolute Gasteiger partial charge is 0.255 e. The minimum atomic E-state index is -0.134. The normalized spacial score (nSPS) is 11.0. The van der Waals surface area contributed by atoms with Crippen LogP contribution in [0, 0.1) is 13.8 Å². The minimum Gasteiger partial charge on any atom is -0.496 e. The molecule has 1 amide bonds. The first kappa shape index (κ1) is 25.6. The van der Waals surface area contributed by atoms with E-state index < -0.39 is 0 Å². The second kappa shape index (κ2) is 12.0. The average Bonchev–Trinajstić information content (AvgIpc) is 3.24. The Balaban J connectivity index is 1.34. The Morgan fingerprint density at radius 1 is 1.03 bits per heavy atom. The van der Waals surface area contributed by atoms with Crippen LogP contribution < -0.4 is 14.8 Å². The number of para-hydroxylation sites is 3. The molecule has 0 saturated carbocycles. The molecule has 4 rings (SSSR count). The van der Waals surface area contributed by atoms with Crippen LogP contribution in [0.1, 0.15) is 40.2 Å². The largest absolute Gasteiger partial charge is 0.496 e. The SMILES string of the molecule is COc1ccccc1C(=O)NCCCc1nc2ccccc2n1CCCOc1cc(C)c(Cl)c(C)c1. The maximum atomic E-state index is 12.6. The molecule has 6 nitrogen and oxygen atoms in total. The second-order valence-corrected chi connectivity index (χ2v) is 9.18. The molecule has 0 spiro atoms. The molecule has 188 valence electrons. The van der Waals surface area contributed by atoms with E-state index in [0.29, 0.717) is 24.5 Å². The Kier molecular flexibility index (Phi) is 8.49. The molecule has 1 aromatic heterocycles. The number of aryl methyl sites for hydroxylation is 4. The van der Waals surface area contributed by atoms with E-state index in [1.807, 2.05) is 56.3 Å². The van der Waals surface area contributed by atoms with E-state index in [2.05, 4.69) is 16.0 Å². The van der Waals surface area contributed by atoms with Crippen molar-refractivity contribution < 1.29 is 14.3 Å². The van der Waals surface area contributed by atoms with Crippen molar-refractivity contribution in [1.82, 2.24) is 14.9 Å². The first-order valence-electron chi connectivity index (χ1n) is 12.2. The highest BCUT2D eigenvalue weighted by molar-refractivity contribution is 6.32. The van der Waals surface area contributed by atoms with Crippen LogP contribution in [0.5, 0.6) is 11.5 Å². The standard InChI is InChI=1S/C29H32ClN3O3/c1-20-18-22(19-21(2)28(20)30)36-17-9-16-33-25-12-6-5-11-24(25)32-27(33)14-8-15-31-29(34)23-10-4-7-13-26(23)35-3/h4-7,10-13,18-19H,8-9,14-17H2,1-3H3,(H,31,34). The summed E-state index contributed by atoms with van der Waals surface area (Å²) in [5.41, 5.74) is 4.68. The quantitative estimate of drug-likeness (QED) is 0.248. The van der Waals surface area contributed by atoms with Gasteiger partial charge in [-0.1, -0.05) is 35.9 Å². The number of hydrogen-bond acceptors (Lipinski definition) is 4. The Morgan fingerprint density at radius 2 is 1.75 bits per heavy atom. The Hall–Kier alpha value is -3.51. The summed E-state index contributed by atoms with van der Waals surface area (Å²) in [6, 6.07) is 19.4. The van der Waals surface area contributed by atoms with Gasteiger partial charge in [-0.15, -0.1) is 0 Å². The van der Waals surface area contributed by atoms with Gasteiger partial charge in [-0.2, -0.15) is 0 Å². The molecule has 3 aromatic carbocycles. The number of methoxy groups -OCH3 is 1. The number of carbonyl (C=O) groups is 1. The molecule has 0 aliphatic heterocycles. The van der Waals surface area contributed by atoms with E-state index in [0.717, 1.165) is 64.6 Å². The van der Waals surface area contributed by atoms with E-state index in [1.165, 1.54) is 0 Å². The van der Waals surface area contributed by atoms with E-state index in [4.69, 9.17) is 26.1 Å². The van der Waals surface area contributed by atoms with Gasteiger partial charge in [0.2, 0.25) is 0 Å². The van der Waals surface area contributed by atoms with Crippen LogP contribution in [0.2, 0.25) is 5.02 Å². The van der Waals surface area contributed by atoms with Crippen LogP contribution in [0.15, 0.2) is 60.7 Å². The van der Waals surface area contributed by atoms with Gasteiger partial charge < -0.3 is 19.4 Å². The molecule has 0 radical (unpaired) electrons. The molecular formula is C29H32ClN3O3. The monoisotopic (exact) mass is 505 g/mol. The van der Waals surface area contributed by atoms with Crippen LogP contribution in [0.4, 0.5) is 0 Å². The zero-order chi connectivity index (χ0) is 25.5. The molecule has 0 atom stereocenters. The molecule has 0 bridgehead atoms. The fourth-order valence-corrected chi connectivity index (χ4v) is 4.45. The lowest BCUT2D eigenvalue weighted by atomic mass is 10.1. The van der Waals surface area contributed by atoms with Crippen LogP contribution in [0.3, 0.4) is 0 Å². The molecular weight excluding hydrogens is 474 g/mol. The maximum Gasteiger partial charge on any atom is 0.255 e. The van der Waals surface area contributed by atoms with Gasteiger partial charge in [0.05, 0.1) is 30.3 Å². The van der Waals surface area contributed by atoms with Crippen molar-refractivity contribution in [2.45, 2.75) is 39.7 Å². The number of amides is 1. The van der Waals surface area contributed by atoms with Gasteiger partial charge >= 0.3 is 0 Å². The van der Waals surface area contributed by atoms with E-state index in [1.54, 1.807) is 19.2 Å². The van der Waals surface area contributed by atoms with Crippen LogP contribution in [0.25, 0.3) is 11.0 Å². The average molecular weight is 506 g/mol. The van der Waals surface area contributed by atoms with Gasteiger partial charge in [-0.05, 0) is 74.2 Å². The third-order valence-corrected chi connectivity index (χ3v) is 6.75. The molecule has 0 unspecified atom stereocenters. The van der Waals surface area contributed by atoms with Crippen LogP contribution in [-0.2, 0) is 13.0 Å². The molecule has 1 N–H and O–H groups in total. The number of nitrogens with one attached hydrogen (secondary N) is 1. The number of carbonyl (C=O) groups excluding carboxylic acids is 1. The number of hydrogen-bond donors (Lipinski definition) is 1. The molecule has 0 aliphatic carbocycles. The third kappa shape index (κ3) is 6.00. The topological polar surface area (TPSA) is 65.4 Å². The van der Waals surface area contributed by atoms with Crippen molar-refractivity contribution in [3.05, 3.63) is 88.2 Å². The van der Waals surface area contributed by atoms with Crippen LogP contribution >= 0.6 is 11.6 Å². The summed E-state index contributed by atoms with van der Waals surface area (Å²) in [5.74, 6) is 2.30. The van der Waals surface area contributed by atoms with Crippen molar-refractivity contribution >= 4 is 28.5 Å². The lowest BCUT2D eigenvalue weighted by molar-refractivity contribution is 0.0950. The number of rotatable bonds is 11. The molecule has 4 aromatic rings. The fourth-order valence-electron chi connectivity index (χ4n) is 4.34. The van der Waals surface area contributed by atoms with E-state index in [-0.39, 0.29) is 5.91 Å². The number of aromatic nitrogens is 2.